The van der Waals surface area contributed by atoms with E-state index in [1.165, 1.54) is 14.2 Å². The van der Waals surface area contributed by atoms with E-state index in [1.807, 2.05) is 34.6 Å². The Hall–Kier alpha value is -2.15. The number of aliphatic hydroxyl groups excluding tert-OH is 1. The van der Waals surface area contributed by atoms with Gasteiger partial charge in [0.05, 0.1) is 31.2 Å². The first-order valence-electron chi connectivity index (χ1n) is 12.2. The molecule has 0 radical (unpaired) electrons. The molecule has 4 aliphatic carbocycles. The summed E-state index contributed by atoms with van der Waals surface area (Å²) >= 11 is 0. The van der Waals surface area contributed by atoms with Crippen molar-refractivity contribution >= 4 is 17.7 Å². The lowest BCUT2D eigenvalue weighted by Crippen LogP contribution is -2.70. The van der Waals surface area contributed by atoms with Crippen LogP contribution in [-0.2, 0) is 28.6 Å². The van der Waals surface area contributed by atoms with E-state index in [0.29, 0.717) is 30.6 Å². The number of fused-ring (bicyclic) bond motifs is 3. The zero-order chi connectivity index (χ0) is 25.2. The highest BCUT2D eigenvalue weighted by atomic mass is 16.6. The Morgan fingerprint density at radius 3 is 2.38 bits per heavy atom. The Balaban J connectivity index is 1.88. The second-order valence-electron chi connectivity index (χ2n) is 12.1. The van der Waals surface area contributed by atoms with Gasteiger partial charge in [-0.05, 0) is 45.4 Å². The molecule has 1 N–H and O–H groups in total. The van der Waals surface area contributed by atoms with Crippen LogP contribution in [0.4, 0.5) is 0 Å². The van der Waals surface area contributed by atoms with Gasteiger partial charge >= 0.3 is 11.9 Å². The van der Waals surface area contributed by atoms with Crippen LogP contribution in [0, 0.1) is 38.9 Å². The summed E-state index contributed by atoms with van der Waals surface area (Å²) in [6.07, 6.45) is 2.34. The van der Waals surface area contributed by atoms with Gasteiger partial charge in [-0.25, -0.2) is 0 Å². The summed E-state index contributed by atoms with van der Waals surface area (Å²) in [7, 11) is 2.84. The Morgan fingerprint density at radius 1 is 1.15 bits per heavy atom. The Morgan fingerprint density at radius 2 is 1.79 bits per heavy atom. The van der Waals surface area contributed by atoms with Gasteiger partial charge in [-0.2, -0.15) is 0 Å². The van der Waals surface area contributed by atoms with Crippen LogP contribution >= 0.6 is 0 Å². The summed E-state index contributed by atoms with van der Waals surface area (Å²) in [5, 5.41) is 10.9. The smallest absolute Gasteiger partial charge is 0.321 e. The number of carbonyl (C=O) groups excluding carboxylic acids is 3. The third-order valence-electron chi connectivity index (χ3n) is 10.9. The fourth-order valence-corrected chi connectivity index (χ4v) is 9.46. The van der Waals surface area contributed by atoms with E-state index in [-0.39, 0.29) is 23.6 Å². The molecule has 5 rings (SSSR count). The minimum absolute atomic E-state index is 0.151. The van der Waals surface area contributed by atoms with Crippen LogP contribution in [-0.4, -0.2) is 49.3 Å². The van der Waals surface area contributed by atoms with Crippen molar-refractivity contribution in [3.05, 3.63) is 23.0 Å². The third-order valence-corrected chi connectivity index (χ3v) is 10.9. The van der Waals surface area contributed by atoms with Crippen LogP contribution in [0.5, 0.6) is 0 Å². The summed E-state index contributed by atoms with van der Waals surface area (Å²) in [6, 6.07) is 0. The van der Waals surface area contributed by atoms with Crippen molar-refractivity contribution in [3.63, 3.8) is 0 Å². The number of rotatable bonds is 2. The van der Waals surface area contributed by atoms with Gasteiger partial charge in [0.2, 0.25) is 0 Å². The van der Waals surface area contributed by atoms with Gasteiger partial charge in [0, 0.05) is 22.8 Å². The number of esters is 2. The molecule has 1 unspecified atom stereocenters. The molecular formula is C27H36O7. The Bertz CT molecular complexity index is 1080. The molecule has 0 spiro atoms. The number of ketones is 1. The van der Waals surface area contributed by atoms with Gasteiger partial charge in [-0.1, -0.05) is 32.4 Å². The number of methoxy groups -OCH3 is 2. The maximum absolute atomic E-state index is 14.0. The lowest BCUT2D eigenvalue weighted by molar-refractivity contribution is -0.213. The molecule has 5 aliphatic rings. The second-order valence-corrected chi connectivity index (χ2v) is 12.1. The third kappa shape index (κ3) is 2.02. The molecular weight excluding hydrogens is 436 g/mol. The Labute approximate surface area is 200 Å². The predicted octanol–water partition coefficient (Wildman–Crippen LogP) is 3.35. The molecule has 7 heteroatoms. The number of Topliss-reactive ketones (excluding diaryl/α,β-unsaturated/α-hetero) is 1. The van der Waals surface area contributed by atoms with E-state index in [9.17, 15) is 19.5 Å². The average molecular weight is 473 g/mol. The van der Waals surface area contributed by atoms with E-state index >= 15 is 0 Å². The quantitative estimate of drug-likeness (QED) is 0.486. The minimum atomic E-state index is -1.43. The molecule has 34 heavy (non-hydrogen) atoms. The molecule has 2 bridgehead atoms. The van der Waals surface area contributed by atoms with Gasteiger partial charge in [0.15, 0.2) is 5.78 Å². The summed E-state index contributed by atoms with van der Waals surface area (Å²) in [6.45, 7) is 11.4. The topological polar surface area (TPSA) is 99.1 Å². The van der Waals surface area contributed by atoms with Crippen molar-refractivity contribution in [2.45, 2.75) is 73.0 Å². The van der Waals surface area contributed by atoms with Crippen LogP contribution in [0.2, 0.25) is 0 Å². The zero-order valence-corrected chi connectivity index (χ0v) is 21.4. The number of carbonyl (C=O) groups is 3. The van der Waals surface area contributed by atoms with Gasteiger partial charge < -0.3 is 19.3 Å². The molecule has 1 saturated heterocycles. The maximum Gasteiger partial charge on any atom is 0.321 e. The van der Waals surface area contributed by atoms with Crippen LogP contribution < -0.4 is 0 Å². The molecule has 0 amide bonds. The summed E-state index contributed by atoms with van der Waals surface area (Å²) in [4.78, 5) is 41.6. The molecule has 0 aromatic rings. The normalized spacial score (nSPS) is 48.4. The van der Waals surface area contributed by atoms with Gasteiger partial charge in [0.1, 0.15) is 17.3 Å². The number of aliphatic hydroxyl groups is 1. The monoisotopic (exact) mass is 472 g/mol. The zero-order valence-electron chi connectivity index (χ0n) is 21.4. The van der Waals surface area contributed by atoms with Crippen LogP contribution in [0.25, 0.3) is 0 Å². The van der Waals surface area contributed by atoms with Crippen LogP contribution in [0.3, 0.4) is 0 Å². The molecule has 0 aromatic heterocycles. The van der Waals surface area contributed by atoms with Crippen molar-refractivity contribution in [2.24, 2.45) is 38.9 Å². The van der Waals surface area contributed by atoms with Gasteiger partial charge in [-0.3, -0.25) is 14.4 Å². The first-order chi connectivity index (χ1) is 15.7. The van der Waals surface area contributed by atoms with Crippen LogP contribution in [0.1, 0.15) is 60.8 Å². The van der Waals surface area contributed by atoms with Gasteiger partial charge in [0.25, 0.3) is 0 Å². The Kier molecular flexibility index (Phi) is 4.53. The fourth-order valence-electron chi connectivity index (χ4n) is 9.46. The highest BCUT2D eigenvalue weighted by Crippen LogP contribution is 2.79. The van der Waals surface area contributed by atoms with Crippen molar-refractivity contribution in [2.75, 3.05) is 14.2 Å². The fraction of sp³-hybridized carbons (Fsp3) is 0.741. The maximum atomic E-state index is 14.0. The number of hydrogen-bond acceptors (Lipinski definition) is 7. The first-order valence-corrected chi connectivity index (χ1v) is 12.2. The second kappa shape index (κ2) is 6.54. The van der Waals surface area contributed by atoms with Crippen molar-refractivity contribution < 1.29 is 33.7 Å². The number of ether oxygens (including phenoxy) is 3. The first kappa shape index (κ1) is 23.6. The molecule has 7 nitrogen and oxygen atoms in total. The van der Waals surface area contributed by atoms with Crippen molar-refractivity contribution in [1.29, 1.82) is 0 Å². The molecule has 186 valence electrons. The van der Waals surface area contributed by atoms with Crippen molar-refractivity contribution in [3.8, 4) is 0 Å². The average Bonchev–Trinajstić information content (AvgIpc) is 3.13. The van der Waals surface area contributed by atoms with E-state index in [2.05, 4.69) is 6.08 Å². The minimum Gasteiger partial charge on any atom is -0.499 e. The standard InChI is InChI=1S/C27H36O7/c1-13-11-16-24(5,27(22(31)33-8)20(32-7)14(2)19(29)25(13,27)6)12-15-18-23(3,4)17(28)9-10-26(16,18)21(30)34-15/h11,15-18,28H,9-10,12H2,1-8H3/t15-,16-,17-,18?,24-,25-,26+,27+/m0/s1. The molecule has 0 aromatic carbocycles. The van der Waals surface area contributed by atoms with E-state index in [4.69, 9.17) is 14.2 Å². The summed E-state index contributed by atoms with van der Waals surface area (Å²) < 4.78 is 17.4. The summed E-state index contributed by atoms with van der Waals surface area (Å²) in [5.74, 6) is -1.18. The van der Waals surface area contributed by atoms with Crippen molar-refractivity contribution in [1.82, 2.24) is 0 Å². The SMILES string of the molecule is COC(=O)[C@@]12C(OC)=C(C)C(=O)[C@]1(C)C(C)=C[C@@H]1[C@]34CC[C@H](O)C(C)(C)C3[C@H](C[C@@]12C)OC4=O. The lowest BCUT2D eigenvalue weighted by atomic mass is 9.33. The predicted molar refractivity (Wildman–Crippen MR) is 122 cm³/mol. The molecule has 8 atom stereocenters. The van der Waals surface area contributed by atoms with E-state index in [1.54, 1.807) is 6.92 Å². The van der Waals surface area contributed by atoms with E-state index < -0.39 is 45.3 Å². The van der Waals surface area contributed by atoms with Gasteiger partial charge in [-0.15, -0.1) is 0 Å². The van der Waals surface area contributed by atoms with E-state index in [0.717, 1.165) is 5.57 Å². The highest BCUT2D eigenvalue weighted by Gasteiger charge is 2.84. The summed E-state index contributed by atoms with van der Waals surface area (Å²) in [5.41, 5.74) is -3.80. The molecule has 2 saturated carbocycles. The molecule has 3 fully saturated rings. The number of hydrogen-bond donors (Lipinski definition) is 1. The molecule has 1 aliphatic heterocycles. The highest BCUT2D eigenvalue weighted by molar-refractivity contribution is 6.11. The molecule has 1 heterocycles. The number of allylic oxidation sites excluding steroid dienone is 3. The van der Waals surface area contributed by atoms with Crippen LogP contribution in [0.15, 0.2) is 23.0 Å². The largest absolute Gasteiger partial charge is 0.499 e. The lowest BCUT2D eigenvalue weighted by Gasteiger charge is -2.66.